The number of thioether (sulfide) groups is 1. The smallest absolute Gasteiger partial charge is 0.238 e. The van der Waals surface area contributed by atoms with E-state index in [9.17, 15) is 4.79 Å². The Morgan fingerprint density at radius 3 is 2.92 bits per heavy atom. The van der Waals surface area contributed by atoms with Gasteiger partial charge in [-0.1, -0.05) is 41.3 Å². The van der Waals surface area contributed by atoms with Crippen molar-refractivity contribution < 1.29 is 4.79 Å². The summed E-state index contributed by atoms with van der Waals surface area (Å²) < 4.78 is 2.65. The molecule has 0 spiro atoms. The van der Waals surface area contributed by atoms with Crippen molar-refractivity contribution in [3.63, 3.8) is 0 Å². The van der Waals surface area contributed by atoms with Crippen LogP contribution in [-0.2, 0) is 17.6 Å². The first kappa shape index (κ1) is 16.3. The Morgan fingerprint density at radius 2 is 2.16 bits per heavy atom. The van der Waals surface area contributed by atoms with Gasteiger partial charge in [0.25, 0.3) is 0 Å². The molecule has 1 aliphatic carbocycles. The molecule has 1 N–H and O–H groups in total. The highest BCUT2D eigenvalue weighted by molar-refractivity contribution is 8.02. The number of nitrogens with one attached hydrogen (secondary N) is 1. The van der Waals surface area contributed by atoms with E-state index in [4.69, 9.17) is 5.10 Å². The SMILES string of the molecule is C[C@H](Sc1nncs1)C(=O)Nc1c2c(nn1-c1ccccc1)CCC2. The van der Waals surface area contributed by atoms with Crippen LogP contribution in [0.3, 0.4) is 0 Å². The molecular formula is C17H17N5OS2. The molecule has 0 fully saturated rings. The number of aryl methyl sites for hydroxylation is 1. The molecule has 128 valence electrons. The van der Waals surface area contributed by atoms with Crippen molar-refractivity contribution in [2.75, 3.05) is 5.32 Å². The number of carbonyl (C=O) groups is 1. The van der Waals surface area contributed by atoms with Crippen LogP contribution < -0.4 is 5.32 Å². The van der Waals surface area contributed by atoms with Gasteiger partial charge in [0, 0.05) is 5.56 Å². The number of amides is 1. The largest absolute Gasteiger partial charge is 0.309 e. The third-order valence-corrected chi connectivity index (χ3v) is 6.05. The quantitative estimate of drug-likeness (QED) is 0.697. The first-order chi connectivity index (χ1) is 12.2. The highest BCUT2D eigenvalue weighted by atomic mass is 32.2. The molecule has 6 nitrogen and oxygen atoms in total. The lowest BCUT2D eigenvalue weighted by Crippen LogP contribution is -2.24. The summed E-state index contributed by atoms with van der Waals surface area (Å²) in [4.78, 5) is 12.7. The fourth-order valence-electron chi connectivity index (χ4n) is 2.91. The van der Waals surface area contributed by atoms with E-state index in [2.05, 4.69) is 15.5 Å². The highest BCUT2D eigenvalue weighted by Crippen LogP contribution is 2.32. The van der Waals surface area contributed by atoms with E-state index < -0.39 is 0 Å². The van der Waals surface area contributed by atoms with Crippen molar-refractivity contribution in [3.05, 3.63) is 47.1 Å². The number of rotatable bonds is 5. The predicted molar refractivity (Wildman–Crippen MR) is 99.4 cm³/mol. The van der Waals surface area contributed by atoms with Gasteiger partial charge in [-0.25, -0.2) is 4.68 Å². The number of hydrogen-bond acceptors (Lipinski definition) is 6. The van der Waals surface area contributed by atoms with Crippen LogP contribution in [0.25, 0.3) is 5.69 Å². The van der Waals surface area contributed by atoms with Crippen molar-refractivity contribution in [1.29, 1.82) is 0 Å². The Hall–Kier alpha value is -2.19. The molecule has 2 heterocycles. The van der Waals surface area contributed by atoms with Crippen LogP contribution in [0.1, 0.15) is 24.6 Å². The Morgan fingerprint density at radius 1 is 1.32 bits per heavy atom. The second kappa shape index (κ2) is 6.97. The molecule has 0 saturated carbocycles. The van der Waals surface area contributed by atoms with Crippen LogP contribution >= 0.6 is 23.1 Å². The molecule has 0 aliphatic heterocycles. The van der Waals surface area contributed by atoms with Gasteiger partial charge >= 0.3 is 0 Å². The zero-order chi connectivity index (χ0) is 17.2. The zero-order valence-electron chi connectivity index (χ0n) is 13.7. The third-order valence-electron chi connectivity index (χ3n) is 4.14. The van der Waals surface area contributed by atoms with Gasteiger partial charge in [0.15, 0.2) is 4.34 Å². The zero-order valence-corrected chi connectivity index (χ0v) is 15.3. The Labute approximate surface area is 153 Å². The number of fused-ring (bicyclic) bond motifs is 1. The summed E-state index contributed by atoms with van der Waals surface area (Å²) in [6.45, 7) is 1.88. The van der Waals surface area contributed by atoms with Gasteiger partial charge in [-0.05, 0) is 38.3 Å². The van der Waals surface area contributed by atoms with E-state index in [0.717, 1.165) is 46.4 Å². The van der Waals surface area contributed by atoms with E-state index in [1.165, 1.54) is 23.1 Å². The van der Waals surface area contributed by atoms with Gasteiger partial charge in [-0.15, -0.1) is 10.2 Å². The minimum Gasteiger partial charge on any atom is -0.309 e. The third kappa shape index (κ3) is 3.32. The van der Waals surface area contributed by atoms with Gasteiger partial charge in [-0.2, -0.15) is 5.10 Å². The fourth-order valence-corrected chi connectivity index (χ4v) is 4.54. The van der Waals surface area contributed by atoms with E-state index in [1.54, 1.807) is 5.51 Å². The normalized spacial score (nSPS) is 14.3. The molecule has 0 unspecified atom stereocenters. The van der Waals surface area contributed by atoms with Crippen LogP contribution in [0.15, 0.2) is 40.2 Å². The molecule has 0 saturated heterocycles. The number of anilines is 1. The van der Waals surface area contributed by atoms with Crippen LogP contribution in [0, 0.1) is 0 Å². The lowest BCUT2D eigenvalue weighted by Gasteiger charge is -2.13. The number of nitrogens with zero attached hydrogens (tertiary/aromatic N) is 4. The van der Waals surface area contributed by atoms with Crippen LogP contribution in [0.5, 0.6) is 0 Å². The maximum absolute atomic E-state index is 12.7. The summed E-state index contributed by atoms with van der Waals surface area (Å²) in [5, 5.41) is 15.4. The minimum atomic E-state index is -0.260. The maximum atomic E-state index is 12.7. The molecule has 1 amide bonds. The lowest BCUT2D eigenvalue weighted by atomic mass is 10.2. The molecular weight excluding hydrogens is 354 g/mol. The topological polar surface area (TPSA) is 72.7 Å². The molecule has 8 heteroatoms. The molecule has 3 aromatic rings. The van der Waals surface area contributed by atoms with Crippen molar-refractivity contribution in [3.8, 4) is 5.69 Å². The average Bonchev–Trinajstić information content (AvgIpc) is 3.34. The van der Waals surface area contributed by atoms with Crippen LogP contribution in [0.4, 0.5) is 5.82 Å². The number of aromatic nitrogens is 4. The first-order valence-corrected chi connectivity index (χ1v) is 9.88. The average molecular weight is 371 g/mol. The second-order valence-corrected chi connectivity index (χ2v) is 8.25. The molecule has 1 atom stereocenters. The van der Waals surface area contributed by atoms with Crippen molar-refractivity contribution in [2.24, 2.45) is 0 Å². The minimum absolute atomic E-state index is 0.0491. The molecule has 4 rings (SSSR count). The molecule has 0 radical (unpaired) electrons. The van der Waals surface area contributed by atoms with Crippen molar-refractivity contribution in [2.45, 2.75) is 35.8 Å². The molecule has 2 aromatic heterocycles. The van der Waals surface area contributed by atoms with E-state index in [1.807, 2.05) is 41.9 Å². The second-order valence-electron chi connectivity index (χ2n) is 5.83. The standard InChI is InChI=1S/C17H17N5OS2/c1-11(25-17-20-18-10-24-17)16(23)19-15-13-8-5-9-14(13)21-22(15)12-6-3-2-4-7-12/h2-4,6-7,10-11H,5,8-9H2,1H3,(H,19,23)/t11-/m0/s1. The Balaban J connectivity index is 1.60. The van der Waals surface area contributed by atoms with Crippen LogP contribution in [-0.4, -0.2) is 31.1 Å². The molecule has 1 aromatic carbocycles. The van der Waals surface area contributed by atoms with Gasteiger partial charge < -0.3 is 5.32 Å². The highest BCUT2D eigenvalue weighted by Gasteiger charge is 2.26. The first-order valence-electron chi connectivity index (χ1n) is 8.12. The van der Waals surface area contributed by atoms with Gasteiger partial charge in [0.05, 0.1) is 16.6 Å². The molecule has 0 bridgehead atoms. The van der Waals surface area contributed by atoms with Crippen molar-refractivity contribution >= 4 is 34.8 Å². The predicted octanol–water partition coefficient (Wildman–Crippen LogP) is 3.33. The summed E-state index contributed by atoms with van der Waals surface area (Å²) in [6.07, 6.45) is 3.01. The van der Waals surface area contributed by atoms with E-state index in [0.29, 0.717) is 0 Å². The summed E-state index contributed by atoms with van der Waals surface area (Å²) >= 11 is 2.86. The van der Waals surface area contributed by atoms with Gasteiger partial charge in [0.2, 0.25) is 5.91 Å². The lowest BCUT2D eigenvalue weighted by molar-refractivity contribution is -0.115. The van der Waals surface area contributed by atoms with Crippen molar-refractivity contribution in [1.82, 2.24) is 20.0 Å². The monoisotopic (exact) mass is 371 g/mol. The summed E-state index contributed by atoms with van der Waals surface area (Å²) in [5.74, 6) is 0.750. The van der Waals surface area contributed by atoms with Crippen LogP contribution in [0.2, 0.25) is 0 Å². The van der Waals surface area contributed by atoms with Gasteiger partial charge in [0.1, 0.15) is 11.3 Å². The van der Waals surface area contributed by atoms with Gasteiger partial charge in [-0.3, -0.25) is 4.79 Å². The summed E-state index contributed by atoms with van der Waals surface area (Å²) in [7, 11) is 0. The number of para-hydroxylation sites is 1. The van der Waals surface area contributed by atoms with E-state index in [-0.39, 0.29) is 11.2 Å². The number of hydrogen-bond donors (Lipinski definition) is 1. The number of benzene rings is 1. The van der Waals surface area contributed by atoms with E-state index >= 15 is 0 Å². The molecule has 25 heavy (non-hydrogen) atoms. The Bertz CT molecular complexity index is 876. The number of carbonyl (C=O) groups excluding carboxylic acids is 1. The molecule has 1 aliphatic rings. The fraction of sp³-hybridized carbons (Fsp3) is 0.294. The summed E-state index contributed by atoms with van der Waals surface area (Å²) in [6, 6.07) is 9.91. The maximum Gasteiger partial charge on any atom is 0.238 e. The summed E-state index contributed by atoms with van der Waals surface area (Å²) in [5.41, 5.74) is 4.87. The Kier molecular flexibility index (Phi) is 4.54.